The molecule has 1 aromatic rings. The predicted molar refractivity (Wildman–Crippen MR) is 85.5 cm³/mol. The Balaban J connectivity index is 1.40. The van der Waals surface area contributed by atoms with Crippen molar-refractivity contribution in [1.82, 2.24) is 10.2 Å². The number of halogens is 1. The number of nitrogens with zero attached hydrogens (tertiary/aromatic N) is 1. The smallest absolute Gasteiger partial charge is 0.0406 e. The summed E-state index contributed by atoms with van der Waals surface area (Å²) in [6.45, 7) is 6.13. The molecule has 0 amide bonds. The van der Waals surface area contributed by atoms with Crippen molar-refractivity contribution in [3.63, 3.8) is 0 Å². The molecule has 3 rings (SSSR count). The second-order valence-electron chi connectivity index (χ2n) is 6.49. The first-order chi connectivity index (χ1) is 9.70. The highest BCUT2D eigenvalue weighted by Crippen LogP contribution is 2.37. The van der Waals surface area contributed by atoms with E-state index in [9.17, 15) is 0 Å². The highest BCUT2D eigenvalue weighted by atomic mass is 35.5. The summed E-state index contributed by atoms with van der Waals surface area (Å²) in [5, 5.41) is 4.62. The Morgan fingerprint density at radius 1 is 1.20 bits per heavy atom. The van der Waals surface area contributed by atoms with Gasteiger partial charge in [0.1, 0.15) is 0 Å². The summed E-state index contributed by atoms with van der Waals surface area (Å²) >= 11 is 5.94. The lowest BCUT2D eigenvalue weighted by Gasteiger charge is -2.38. The van der Waals surface area contributed by atoms with Crippen LogP contribution in [0, 0.1) is 0 Å². The Bertz CT molecular complexity index is 419. The van der Waals surface area contributed by atoms with Crippen LogP contribution in [0.4, 0.5) is 0 Å². The van der Waals surface area contributed by atoms with Crippen LogP contribution in [0.5, 0.6) is 0 Å². The molecule has 3 heteroatoms. The maximum Gasteiger partial charge on any atom is 0.0406 e. The number of rotatable bonds is 5. The van der Waals surface area contributed by atoms with Gasteiger partial charge in [0.2, 0.25) is 0 Å². The van der Waals surface area contributed by atoms with Gasteiger partial charge in [-0.05, 0) is 69.3 Å². The number of likely N-dealkylation sites (tertiary alicyclic amines) is 1. The van der Waals surface area contributed by atoms with Crippen molar-refractivity contribution in [2.24, 2.45) is 0 Å². The molecule has 0 spiro atoms. The third kappa shape index (κ3) is 3.55. The van der Waals surface area contributed by atoms with Crippen LogP contribution in [0.15, 0.2) is 24.3 Å². The van der Waals surface area contributed by atoms with Crippen molar-refractivity contribution < 1.29 is 0 Å². The van der Waals surface area contributed by atoms with Crippen LogP contribution in [-0.4, -0.2) is 36.6 Å². The lowest BCUT2D eigenvalue weighted by atomic mass is 9.75. The van der Waals surface area contributed by atoms with Crippen LogP contribution in [0.1, 0.15) is 44.1 Å². The van der Waals surface area contributed by atoms with Crippen LogP contribution in [0.25, 0.3) is 0 Å². The summed E-state index contributed by atoms with van der Waals surface area (Å²) in [4.78, 5) is 2.59. The Labute approximate surface area is 127 Å². The van der Waals surface area contributed by atoms with Gasteiger partial charge in [0.25, 0.3) is 0 Å². The number of nitrogens with one attached hydrogen (secondary N) is 1. The van der Waals surface area contributed by atoms with E-state index < -0.39 is 0 Å². The number of hydrogen-bond donors (Lipinski definition) is 1. The topological polar surface area (TPSA) is 15.3 Å². The highest BCUT2D eigenvalue weighted by molar-refractivity contribution is 6.30. The lowest BCUT2D eigenvalue weighted by molar-refractivity contribution is 0.232. The van der Waals surface area contributed by atoms with Crippen molar-refractivity contribution in [1.29, 1.82) is 0 Å². The van der Waals surface area contributed by atoms with E-state index >= 15 is 0 Å². The van der Waals surface area contributed by atoms with Crippen LogP contribution in [-0.2, 0) is 0 Å². The van der Waals surface area contributed by atoms with E-state index in [4.69, 9.17) is 11.6 Å². The molecule has 1 aliphatic heterocycles. The molecule has 1 saturated heterocycles. The Kier molecular flexibility index (Phi) is 4.65. The van der Waals surface area contributed by atoms with Crippen LogP contribution in [0.3, 0.4) is 0 Å². The van der Waals surface area contributed by atoms with Gasteiger partial charge >= 0.3 is 0 Å². The SMILES string of the molecule is CC(CN1CCCC1)NC1CC(c2ccc(Cl)cc2)C1. The van der Waals surface area contributed by atoms with E-state index in [1.165, 1.54) is 50.9 Å². The molecule has 1 aliphatic carbocycles. The summed E-state index contributed by atoms with van der Waals surface area (Å²) in [5.74, 6) is 0.726. The van der Waals surface area contributed by atoms with Gasteiger partial charge < -0.3 is 10.2 Å². The zero-order valence-corrected chi connectivity index (χ0v) is 13.1. The standard InChI is InChI=1S/C17H25ClN2/c1-13(12-20-8-2-3-9-20)19-17-10-15(11-17)14-4-6-16(18)7-5-14/h4-7,13,15,17,19H,2-3,8-12H2,1H3. The zero-order chi connectivity index (χ0) is 13.9. The van der Waals surface area contributed by atoms with Gasteiger partial charge in [0.15, 0.2) is 0 Å². The molecule has 1 heterocycles. The largest absolute Gasteiger partial charge is 0.310 e. The second kappa shape index (κ2) is 6.46. The quantitative estimate of drug-likeness (QED) is 0.891. The molecular formula is C17H25ClN2. The maximum absolute atomic E-state index is 5.94. The fourth-order valence-corrected chi connectivity index (χ4v) is 3.69. The van der Waals surface area contributed by atoms with E-state index in [0.29, 0.717) is 12.1 Å². The highest BCUT2D eigenvalue weighted by Gasteiger charge is 2.31. The Morgan fingerprint density at radius 2 is 1.85 bits per heavy atom. The molecule has 0 aromatic heterocycles. The molecule has 2 fully saturated rings. The molecule has 2 aliphatic rings. The molecular weight excluding hydrogens is 268 g/mol. The molecule has 0 radical (unpaired) electrons. The first-order valence-corrected chi connectivity index (χ1v) is 8.32. The number of hydrogen-bond acceptors (Lipinski definition) is 2. The van der Waals surface area contributed by atoms with Crippen molar-refractivity contribution in [2.75, 3.05) is 19.6 Å². The van der Waals surface area contributed by atoms with Crippen molar-refractivity contribution in [3.8, 4) is 0 Å². The summed E-state index contributed by atoms with van der Waals surface area (Å²) in [5.41, 5.74) is 1.44. The summed E-state index contributed by atoms with van der Waals surface area (Å²) in [7, 11) is 0. The Morgan fingerprint density at radius 3 is 2.50 bits per heavy atom. The van der Waals surface area contributed by atoms with Crippen molar-refractivity contribution >= 4 is 11.6 Å². The minimum Gasteiger partial charge on any atom is -0.310 e. The normalized spacial score (nSPS) is 28.3. The summed E-state index contributed by atoms with van der Waals surface area (Å²) in [6, 6.07) is 9.69. The molecule has 1 atom stereocenters. The van der Waals surface area contributed by atoms with Gasteiger partial charge in [-0.1, -0.05) is 23.7 Å². The fraction of sp³-hybridized carbons (Fsp3) is 0.647. The molecule has 1 unspecified atom stereocenters. The van der Waals surface area contributed by atoms with Crippen LogP contribution < -0.4 is 5.32 Å². The molecule has 1 N–H and O–H groups in total. The third-order valence-corrected chi connectivity index (χ3v) is 4.98. The van der Waals surface area contributed by atoms with E-state index in [2.05, 4.69) is 29.3 Å². The van der Waals surface area contributed by atoms with E-state index in [0.717, 1.165) is 10.9 Å². The van der Waals surface area contributed by atoms with Crippen molar-refractivity contribution in [2.45, 2.75) is 50.6 Å². The minimum atomic E-state index is 0.615. The average Bonchev–Trinajstić information content (AvgIpc) is 2.87. The molecule has 20 heavy (non-hydrogen) atoms. The monoisotopic (exact) mass is 292 g/mol. The molecule has 0 bridgehead atoms. The lowest BCUT2D eigenvalue weighted by Crippen LogP contribution is -2.48. The minimum absolute atomic E-state index is 0.615. The molecule has 1 aromatic carbocycles. The van der Waals surface area contributed by atoms with Gasteiger partial charge in [-0.2, -0.15) is 0 Å². The fourth-order valence-electron chi connectivity index (χ4n) is 3.57. The molecule has 1 saturated carbocycles. The Hall–Kier alpha value is -0.570. The van der Waals surface area contributed by atoms with Gasteiger partial charge in [-0.3, -0.25) is 0 Å². The van der Waals surface area contributed by atoms with Gasteiger partial charge in [0.05, 0.1) is 0 Å². The van der Waals surface area contributed by atoms with Crippen molar-refractivity contribution in [3.05, 3.63) is 34.9 Å². The average molecular weight is 293 g/mol. The summed E-state index contributed by atoms with van der Waals surface area (Å²) < 4.78 is 0. The maximum atomic E-state index is 5.94. The van der Waals surface area contributed by atoms with Gasteiger partial charge in [-0.15, -0.1) is 0 Å². The van der Waals surface area contributed by atoms with Crippen LogP contribution in [0.2, 0.25) is 5.02 Å². The predicted octanol–water partition coefficient (Wildman–Crippen LogP) is 3.66. The first kappa shape index (κ1) is 14.4. The van der Waals surface area contributed by atoms with Gasteiger partial charge in [-0.25, -0.2) is 0 Å². The number of benzene rings is 1. The van der Waals surface area contributed by atoms with Gasteiger partial charge in [0, 0.05) is 23.7 Å². The third-order valence-electron chi connectivity index (χ3n) is 4.73. The van der Waals surface area contributed by atoms with E-state index in [1.807, 2.05) is 12.1 Å². The van der Waals surface area contributed by atoms with E-state index in [-0.39, 0.29) is 0 Å². The molecule has 2 nitrogen and oxygen atoms in total. The second-order valence-corrected chi connectivity index (χ2v) is 6.93. The molecule has 110 valence electrons. The summed E-state index contributed by atoms with van der Waals surface area (Å²) in [6.07, 6.45) is 5.31. The van der Waals surface area contributed by atoms with E-state index in [1.54, 1.807) is 0 Å². The first-order valence-electron chi connectivity index (χ1n) is 7.94. The zero-order valence-electron chi connectivity index (χ0n) is 12.3. The van der Waals surface area contributed by atoms with Crippen LogP contribution >= 0.6 is 11.6 Å².